The van der Waals surface area contributed by atoms with Gasteiger partial charge in [-0.2, -0.15) is 0 Å². The Morgan fingerprint density at radius 1 is 1.16 bits per heavy atom. The number of nitrogens with zero attached hydrogens (tertiary/aromatic N) is 1. The highest BCUT2D eigenvalue weighted by Crippen LogP contribution is 2.35. The minimum absolute atomic E-state index is 0.0995. The Morgan fingerprint density at radius 3 is 2.36 bits per heavy atom. The molecule has 1 aromatic carbocycles. The number of β-lactam (4-membered cyclic amide) rings is 1. The highest BCUT2D eigenvalue weighted by molar-refractivity contribution is 5.83. The number of amides is 1. The van der Waals surface area contributed by atoms with Crippen LogP contribution in [-0.4, -0.2) is 40.1 Å². The number of carbonyl (C=O) groups excluding carboxylic acids is 1. The molecule has 2 N–H and O–H groups in total. The second-order valence-electron chi connectivity index (χ2n) is 7.53. The van der Waals surface area contributed by atoms with Crippen LogP contribution in [0.3, 0.4) is 0 Å². The maximum atomic E-state index is 11.9. The van der Waals surface area contributed by atoms with E-state index < -0.39 is 5.97 Å². The van der Waals surface area contributed by atoms with Crippen LogP contribution >= 0.6 is 0 Å². The van der Waals surface area contributed by atoms with Gasteiger partial charge in [0.05, 0.1) is 19.1 Å². The molecule has 1 saturated heterocycles. The first kappa shape index (κ1) is 19.4. The number of aliphatic carboxylic acids is 1. The lowest BCUT2D eigenvalue weighted by Crippen LogP contribution is -2.46. The fraction of sp³-hybridized carbons (Fsp3) is 0.600. The molecule has 25 heavy (non-hydrogen) atoms. The van der Waals surface area contributed by atoms with E-state index in [4.69, 9.17) is 5.11 Å². The van der Waals surface area contributed by atoms with Crippen molar-refractivity contribution in [3.63, 3.8) is 0 Å². The van der Waals surface area contributed by atoms with E-state index in [2.05, 4.69) is 12.1 Å². The number of carboxylic acids is 1. The molecular weight excluding hydrogens is 318 g/mol. The van der Waals surface area contributed by atoms with Gasteiger partial charge >= 0.3 is 5.97 Å². The first-order chi connectivity index (χ1) is 11.8. The molecule has 0 aliphatic carbocycles. The van der Waals surface area contributed by atoms with Gasteiger partial charge in [-0.3, -0.25) is 9.59 Å². The Morgan fingerprint density at radius 2 is 1.80 bits per heavy atom. The number of benzene rings is 1. The molecule has 5 heteroatoms. The molecular formula is C20H29NO4. The van der Waals surface area contributed by atoms with Crippen molar-refractivity contribution in [1.82, 2.24) is 4.90 Å². The average Bonchev–Trinajstić information content (AvgIpc) is 2.58. The Bertz CT molecular complexity index is 594. The van der Waals surface area contributed by atoms with Crippen LogP contribution in [-0.2, 0) is 15.0 Å². The van der Waals surface area contributed by atoms with Gasteiger partial charge in [0.1, 0.15) is 0 Å². The van der Waals surface area contributed by atoms with Crippen molar-refractivity contribution in [2.45, 2.75) is 63.8 Å². The smallest absolute Gasteiger partial charge is 0.303 e. The van der Waals surface area contributed by atoms with Crippen LogP contribution in [0.4, 0.5) is 0 Å². The van der Waals surface area contributed by atoms with E-state index in [-0.39, 0.29) is 30.4 Å². The van der Waals surface area contributed by atoms with Gasteiger partial charge in [0, 0.05) is 18.4 Å². The van der Waals surface area contributed by atoms with Crippen molar-refractivity contribution in [2.75, 3.05) is 13.2 Å². The molecule has 0 bridgehead atoms. The van der Waals surface area contributed by atoms with E-state index in [0.717, 1.165) is 36.9 Å². The summed E-state index contributed by atoms with van der Waals surface area (Å²) in [6.45, 7) is 4.85. The van der Waals surface area contributed by atoms with Crippen molar-refractivity contribution in [3.8, 4) is 0 Å². The van der Waals surface area contributed by atoms with E-state index in [0.29, 0.717) is 12.8 Å². The molecule has 0 spiro atoms. The summed E-state index contributed by atoms with van der Waals surface area (Å²) in [5.74, 6) is -0.555. The second kappa shape index (κ2) is 8.48. The molecule has 0 aromatic heterocycles. The largest absolute Gasteiger partial charge is 0.481 e. The summed E-state index contributed by atoms with van der Waals surface area (Å²) in [6.07, 6.45) is 4.24. The maximum absolute atomic E-state index is 11.9. The standard InChI is InChI=1S/C20H29NO4/c1-20(2,14-22)16-10-8-15(9-11-16)17-13-18(23)21(17)12-6-4-3-5-7-19(24)25/h8-11,17,22H,3-7,12-14H2,1-2H3,(H,24,25)/t17-/m1/s1. The topological polar surface area (TPSA) is 77.8 Å². The van der Waals surface area contributed by atoms with Crippen LogP contribution in [0.25, 0.3) is 0 Å². The van der Waals surface area contributed by atoms with Crippen molar-refractivity contribution < 1.29 is 19.8 Å². The lowest BCUT2D eigenvalue weighted by Gasteiger charge is -2.41. The van der Waals surface area contributed by atoms with Gasteiger partial charge in [-0.25, -0.2) is 0 Å². The van der Waals surface area contributed by atoms with Gasteiger partial charge in [-0.1, -0.05) is 51.0 Å². The summed E-state index contributed by atoms with van der Waals surface area (Å²) < 4.78 is 0. The Balaban J connectivity index is 1.83. The van der Waals surface area contributed by atoms with Crippen molar-refractivity contribution >= 4 is 11.9 Å². The normalized spacial score (nSPS) is 17.5. The number of likely N-dealkylation sites (tertiary alicyclic amines) is 1. The van der Waals surface area contributed by atoms with Crippen LogP contribution in [0.2, 0.25) is 0 Å². The number of aliphatic hydroxyl groups is 1. The van der Waals surface area contributed by atoms with Gasteiger partial charge in [0.25, 0.3) is 0 Å². The molecule has 1 heterocycles. The van der Waals surface area contributed by atoms with Crippen LogP contribution in [0.5, 0.6) is 0 Å². The van der Waals surface area contributed by atoms with E-state index in [1.54, 1.807) is 0 Å². The molecule has 5 nitrogen and oxygen atoms in total. The third-order valence-electron chi connectivity index (χ3n) is 5.08. The summed E-state index contributed by atoms with van der Waals surface area (Å²) >= 11 is 0. The predicted octanol–water partition coefficient (Wildman–Crippen LogP) is 3.27. The molecule has 1 aliphatic heterocycles. The quantitative estimate of drug-likeness (QED) is 0.503. The highest BCUT2D eigenvalue weighted by Gasteiger charge is 2.36. The first-order valence-electron chi connectivity index (χ1n) is 9.08. The van der Waals surface area contributed by atoms with Crippen LogP contribution in [0, 0.1) is 0 Å². The molecule has 1 amide bonds. The Labute approximate surface area is 149 Å². The summed E-state index contributed by atoms with van der Waals surface area (Å²) in [6, 6.07) is 8.35. The zero-order valence-electron chi connectivity index (χ0n) is 15.2. The van der Waals surface area contributed by atoms with Crippen LogP contribution in [0.1, 0.15) is 69.5 Å². The molecule has 0 radical (unpaired) electrons. The highest BCUT2D eigenvalue weighted by atomic mass is 16.4. The van der Waals surface area contributed by atoms with Gasteiger partial charge in [0.15, 0.2) is 0 Å². The number of hydrogen-bond acceptors (Lipinski definition) is 3. The summed E-state index contributed by atoms with van der Waals surface area (Å²) in [5, 5.41) is 18.1. The van der Waals surface area contributed by atoms with Gasteiger partial charge in [-0.05, 0) is 24.0 Å². The third kappa shape index (κ3) is 5.05. The van der Waals surface area contributed by atoms with Gasteiger partial charge in [-0.15, -0.1) is 0 Å². The fourth-order valence-corrected chi connectivity index (χ4v) is 3.19. The molecule has 138 valence electrons. The average molecular weight is 347 g/mol. The van der Waals surface area contributed by atoms with E-state index in [1.165, 1.54) is 0 Å². The monoisotopic (exact) mass is 347 g/mol. The lowest BCUT2D eigenvalue weighted by molar-refractivity contribution is -0.146. The van der Waals surface area contributed by atoms with Gasteiger partial charge < -0.3 is 15.1 Å². The number of aliphatic hydroxyl groups excluding tert-OH is 1. The Hall–Kier alpha value is -1.88. The molecule has 2 rings (SSSR count). The number of unbranched alkanes of at least 4 members (excludes halogenated alkanes) is 3. The van der Waals surface area contributed by atoms with Crippen LogP contribution in [0.15, 0.2) is 24.3 Å². The second-order valence-corrected chi connectivity index (χ2v) is 7.53. The lowest BCUT2D eigenvalue weighted by atomic mass is 9.84. The van der Waals surface area contributed by atoms with E-state index in [9.17, 15) is 14.7 Å². The number of hydrogen-bond donors (Lipinski definition) is 2. The van der Waals surface area contributed by atoms with E-state index in [1.807, 2.05) is 30.9 Å². The molecule has 1 atom stereocenters. The maximum Gasteiger partial charge on any atom is 0.303 e. The summed E-state index contributed by atoms with van der Waals surface area (Å²) in [7, 11) is 0. The zero-order valence-corrected chi connectivity index (χ0v) is 15.2. The van der Waals surface area contributed by atoms with Crippen molar-refractivity contribution in [3.05, 3.63) is 35.4 Å². The number of carboxylic acid groups (broad SMARTS) is 1. The third-order valence-corrected chi connectivity index (χ3v) is 5.08. The SMILES string of the molecule is CC(C)(CO)c1ccc([C@H]2CC(=O)N2CCCCCCC(=O)O)cc1. The first-order valence-corrected chi connectivity index (χ1v) is 9.08. The fourth-order valence-electron chi connectivity index (χ4n) is 3.19. The molecule has 1 fully saturated rings. The van der Waals surface area contributed by atoms with E-state index >= 15 is 0 Å². The number of carbonyl (C=O) groups is 2. The predicted molar refractivity (Wildman–Crippen MR) is 96.3 cm³/mol. The Kier molecular flexibility index (Phi) is 6.59. The summed E-state index contributed by atoms with van der Waals surface area (Å²) in [4.78, 5) is 24.3. The van der Waals surface area contributed by atoms with Gasteiger partial charge in [0.2, 0.25) is 5.91 Å². The van der Waals surface area contributed by atoms with Crippen molar-refractivity contribution in [2.24, 2.45) is 0 Å². The molecule has 0 saturated carbocycles. The minimum atomic E-state index is -0.745. The molecule has 1 aromatic rings. The molecule has 0 unspecified atom stereocenters. The van der Waals surface area contributed by atoms with Crippen LogP contribution < -0.4 is 0 Å². The molecule has 1 aliphatic rings. The van der Waals surface area contributed by atoms with Crippen molar-refractivity contribution in [1.29, 1.82) is 0 Å². The number of rotatable bonds is 10. The minimum Gasteiger partial charge on any atom is -0.481 e. The summed E-state index contributed by atoms with van der Waals surface area (Å²) in [5.41, 5.74) is 1.97. The zero-order chi connectivity index (χ0) is 18.4.